The average Bonchev–Trinajstić information content (AvgIpc) is 3.10. The molecule has 0 N–H and O–H groups in total. The molecule has 7 aromatic rings. The van der Waals surface area contributed by atoms with Gasteiger partial charge in [0.1, 0.15) is 6.61 Å². The van der Waals surface area contributed by atoms with E-state index < -0.39 is 11.9 Å². The van der Waals surface area contributed by atoms with Crippen LogP contribution in [0.1, 0.15) is 48.9 Å². The molecule has 0 bridgehead atoms. The van der Waals surface area contributed by atoms with Gasteiger partial charge in [-0.25, -0.2) is 9.59 Å². The first-order valence-corrected chi connectivity index (χ1v) is 14.4. The molecule has 7 aromatic carbocycles. The number of ether oxygens (including phenoxy) is 2. The molecule has 214 valence electrons. The highest BCUT2D eigenvalue weighted by molar-refractivity contribution is 6.36. The lowest BCUT2D eigenvalue weighted by Gasteiger charge is -2.20. The molecule has 0 atom stereocenters. The van der Waals surface area contributed by atoms with Crippen LogP contribution >= 0.6 is 0 Å². The summed E-state index contributed by atoms with van der Waals surface area (Å²) in [7, 11) is 1.31. The molecule has 6 heteroatoms. The average molecular weight is 585 g/mol. The van der Waals surface area contributed by atoms with Crippen LogP contribution < -0.4 is 0 Å². The summed E-state index contributed by atoms with van der Waals surface area (Å²) < 4.78 is 11.0. The molecule has 0 aliphatic heterocycles. The van der Waals surface area contributed by atoms with Crippen molar-refractivity contribution in [2.24, 2.45) is 0 Å². The van der Waals surface area contributed by atoms with Gasteiger partial charge in [-0.1, -0.05) is 84.9 Å². The molecule has 0 unspecified atom stereocenters. The van der Waals surface area contributed by atoms with Crippen LogP contribution in [0.2, 0.25) is 0 Å². The molecule has 0 heterocycles. The van der Waals surface area contributed by atoms with E-state index in [1.165, 1.54) is 7.11 Å². The van der Waals surface area contributed by atoms with Gasteiger partial charge in [-0.05, 0) is 67.7 Å². The predicted octanol–water partition coefficient (Wildman–Crippen LogP) is 8.26. The predicted molar refractivity (Wildman–Crippen MR) is 173 cm³/mol. The molecule has 0 fully saturated rings. The van der Waals surface area contributed by atoms with E-state index in [9.17, 15) is 20.1 Å². The monoisotopic (exact) mass is 584 g/mol. The van der Waals surface area contributed by atoms with Gasteiger partial charge in [0, 0.05) is 16.7 Å². The van der Waals surface area contributed by atoms with Crippen molar-refractivity contribution in [3.05, 3.63) is 143 Å². The van der Waals surface area contributed by atoms with Crippen molar-refractivity contribution >= 4 is 55.0 Å². The first-order chi connectivity index (χ1) is 22.0. The summed E-state index contributed by atoms with van der Waals surface area (Å²) in [6.45, 7) is 0.118. The first-order valence-electron chi connectivity index (χ1n) is 14.4. The zero-order valence-electron chi connectivity index (χ0n) is 24.2. The summed E-state index contributed by atoms with van der Waals surface area (Å²) >= 11 is 0. The molecule has 0 spiro atoms. The van der Waals surface area contributed by atoms with Crippen LogP contribution in [-0.4, -0.2) is 25.7 Å². The topological polar surface area (TPSA) is 100 Å². The Morgan fingerprint density at radius 3 is 1.42 bits per heavy atom. The normalized spacial score (nSPS) is 11.2. The van der Waals surface area contributed by atoms with Gasteiger partial charge in [-0.3, -0.25) is 0 Å². The molecule has 0 radical (unpaired) electrons. The molecule has 0 aliphatic rings. The Morgan fingerprint density at radius 1 is 0.578 bits per heavy atom. The van der Waals surface area contributed by atoms with Crippen LogP contribution in [0.5, 0.6) is 0 Å². The Bertz CT molecular complexity index is 2310. The molecule has 45 heavy (non-hydrogen) atoms. The molecule has 7 rings (SSSR count). The molecule has 0 aromatic heterocycles. The summed E-state index contributed by atoms with van der Waals surface area (Å²) in [5.74, 6) is -1.23. The molecular weight excluding hydrogens is 560 g/mol. The van der Waals surface area contributed by atoms with Crippen molar-refractivity contribution < 1.29 is 19.1 Å². The van der Waals surface area contributed by atoms with Crippen molar-refractivity contribution in [2.75, 3.05) is 13.7 Å². The van der Waals surface area contributed by atoms with Crippen molar-refractivity contribution in [3.8, 4) is 12.1 Å². The van der Waals surface area contributed by atoms with Gasteiger partial charge >= 0.3 is 11.9 Å². The van der Waals surface area contributed by atoms with E-state index in [2.05, 4.69) is 12.1 Å². The fourth-order valence-corrected chi connectivity index (χ4v) is 6.52. The maximum Gasteiger partial charge on any atom is 0.338 e. The number of nitriles is 2. The first kappa shape index (κ1) is 27.6. The fourth-order valence-electron chi connectivity index (χ4n) is 6.52. The molecule has 0 saturated heterocycles. The molecule has 0 saturated carbocycles. The number of carbonyl (C=O) groups excluding carboxylic acids is 2. The van der Waals surface area contributed by atoms with Gasteiger partial charge in [0.15, 0.2) is 0 Å². The third-order valence-electron chi connectivity index (χ3n) is 8.55. The van der Waals surface area contributed by atoms with Gasteiger partial charge in [-0.2, -0.15) is 10.5 Å². The summed E-state index contributed by atoms with van der Waals surface area (Å²) in [5, 5.41) is 25.8. The van der Waals surface area contributed by atoms with E-state index >= 15 is 0 Å². The maximum atomic E-state index is 13.9. The Kier molecular flexibility index (Phi) is 6.81. The number of nitrogens with zero attached hydrogens (tertiary/aromatic N) is 2. The Hall–Kier alpha value is -6.24. The van der Waals surface area contributed by atoms with Gasteiger partial charge in [0.2, 0.25) is 0 Å². The van der Waals surface area contributed by atoms with E-state index in [4.69, 9.17) is 9.47 Å². The van der Waals surface area contributed by atoms with E-state index in [0.717, 1.165) is 43.4 Å². The van der Waals surface area contributed by atoms with Gasteiger partial charge in [0.25, 0.3) is 0 Å². The number of methoxy groups -OCH3 is 1. The van der Waals surface area contributed by atoms with Crippen LogP contribution in [0.4, 0.5) is 0 Å². The Labute approximate surface area is 258 Å². The highest BCUT2D eigenvalue weighted by Gasteiger charge is 2.25. The highest BCUT2D eigenvalue weighted by atomic mass is 16.5. The van der Waals surface area contributed by atoms with E-state index in [0.29, 0.717) is 33.0 Å². The van der Waals surface area contributed by atoms with Crippen LogP contribution in [0, 0.1) is 22.7 Å². The van der Waals surface area contributed by atoms with Crippen LogP contribution in [0.15, 0.2) is 109 Å². The standard InChI is InChI=1S/C39H24N2O4/c1-44-38(42)31-18-16-29-28-15-13-26(21-41)35-32(19-17-30(37(28)35)27-14-12-25(20-40)34(31)36(27)29)39(43)45-22-33(23-8-4-2-5-9-23)24-10-6-3-7-11-24/h2-19,33H,22H2,1H3. The second-order valence-corrected chi connectivity index (χ2v) is 10.8. The number of esters is 2. The molecule has 0 aliphatic carbocycles. The molecule has 0 amide bonds. The van der Waals surface area contributed by atoms with Gasteiger partial charge in [-0.15, -0.1) is 0 Å². The largest absolute Gasteiger partial charge is 0.465 e. The summed E-state index contributed by atoms with van der Waals surface area (Å²) in [5.41, 5.74) is 3.36. The van der Waals surface area contributed by atoms with Crippen molar-refractivity contribution in [2.45, 2.75) is 5.92 Å². The minimum absolute atomic E-state index is 0.118. The SMILES string of the molecule is COC(=O)c1ccc2c3ccc(C#N)c4c(C(=O)OCC(c5ccccc5)c5ccccc5)ccc(c5ccc(C#N)c1c25)c43. The van der Waals surface area contributed by atoms with Crippen molar-refractivity contribution in [1.29, 1.82) is 10.5 Å². The van der Waals surface area contributed by atoms with E-state index in [-0.39, 0.29) is 12.5 Å². The zero-order valence-corrected chi connectivity index (χ0v) is 24.2. The van der Waals surface area contributed by atoms with Crippen LogP contribution in [0.3, 0.4) is 0 Å². The van der Waals surface area contributed by atoms with Crippen LogP contribution in [0.25, 0.3) is 43.1 Å². The summed E-state index contributed by atoms with van der Waals surface area (Å²) in [4.78, 5) is 26.6. The lowest BCUT2D eigenvalue weighted by molar-refractivity contribution is 0.0494. The van der Waals surface area contributed by atoms with Crippen LogP contribution in [-0.2, 0) is 9.47 Å². The molecular formula is C39H24N2O4. The second kappa shape index (κ2) is 11.1. The lowest BCUT2D eigenvalue weighted by Crippen LogP contribution is -2.15. The number of hydrogen-bond donors (Lipinski definition) is 0. The zero-order chi connectivity index (χ0) is 31.1. The number of rotatable bonds is 6. The minimum Gasteiger partial charge on any atom is -0.465 e. The van der Waals surface area contributed by atoms with E-state index in [1.54, 1.807) is 24.3 Å². The third-order valence-corrected chi connectivity index (χ3v) is 8.55. The smallest absolute Gasteiger partial charge is 0.338 e. The van der Waals surface area contributed by atoms with Crippen molar-refractivity contribution in [1.82, 2.24) is 0 Å². The Morgan fingerprint density at radius 2 is 1.00 bits per heavy atom. The second-order valence-electron chi connectivity index (χ2n) is 10.8. The van der Waals surface area contributed by atoms with Gasteiger partial charge in [0.05, 0.1) is 41.5 Å². The maximum absolute atomic E-state index is 13.9. The minimum atomic E-state index is -0.534. The number of fused-ring (bicyclic) bond motifs is 2. The highest BCUT2D eigenvalue weighted by Crippen LogP contribution is 2.44. The quantitative estimate of drug-likeness (QED) is 0.111. The van der Waals surface area contributed by atoms with Gasteiger partial charge < -0.3 is 9.47 Å². The summed E-state index contributed by atoms with van der Waals surface area (Å²) in [6, 6.07) is 38.5. The van der Waals surface area contributed by atoms with E-state index in [1.807, 2.05) is 84.9 Å². The third kappa shape index (κ3) is 4.40. The van der Waals surface area contributed by atoms with Crippen molar-refractivity contribution in [3.63, 3.8) is 0 Å². The number of hydrogen-bond acceptors (Lipinski definition) is 6. The Balaban J connectivity index is 1.41. The molecule has 6 nitrogen and oxygen atoms in total. The summed E-state index contributed by atoms with van der Waals surface area (Å²) in [6.07, 6.45) is 0. The number of benzene rings is 7. The fraction of sp³-hybridized carbons (Fsp3) is 0.0769. The number of carbonyl (C=O) groups is 2. The lowest BCUT2D eigenvalue weighted by atomic mass is 9.84.